The van der Waals surface area contributed by atoms with Gasteiger partial charge in [0.2, 0.25) is 5.88 Å². The molecule has 1 aromatic carbocycles. The third kappa shape index (κ3) is 4.58. The van der Waals surface area contributed by atoms with Gasteiger partial charge in [0.25, 0.3) is 0 Å². The summed E-state index contributed by atoms with van der Waals surface area (Å²) in [6.07, 6.45) is 5.37. The van der Waals surface area contributed by atoms with Gasteiger partial charge in [-0.3, -0.25) is 5.32 Å². The number of methoxy groups -OCH3 is 1. The van der Waals surface area contributed by atoms with Gasteiger partial charge >= 0.3 is 6.03 Å². The number of ether oxygens (including phenoxy) is 1. The van der Waals surface area contributed by atoms with E-state index in [0.717, 1.165) is 11.6 Å². The molecule has 2 heterocycles. The van der Waals surface area contributed by atoms with Gasteiger partial charge in [0.05, 0.1) is 19.5 Å². The number of amides is 2. The standard InChI is InChI=1S/C19H20F2N4O2/c1-12-11-25(19(26)24-17-9-23-18(27-2)10-22-17)6-5-14(12)7-13-3-4-15(20)16(21)8-13/h3-4,7-10,12H,5-6,11H2,1-2H3,(H,22,24,26). The average molecular weight is 374 g/mol. The Kier molecular flexibility index (Phi) is 5.63. The van der Waals surface area contributed by atoms with Crippen molar-refractivity contribution in [1.82, 2.24) is 14.9 Å². The number of piperidine rings is 1. The molecule has 0 spiro atoms. The number of hydrogen-bond acceptors (Lipinski definition) is 4. The van der Waals surface area contributed by atoms with Gasteiger partial charge < -0.3 is 9.64 Å². The van der Waals surface area contributed by atoms with Crippen molar-refractivity contribution < 1.29 is 18.3 Å². The average Bonchev–Trinajstić information content (AvgIpc) is 2.67. The molecule has 1 N–H and O–H groups in total. The minimum atomic E-state index is -0.866. The summed E-state index contributed by atoms with van der Waals surface area (Å²) in [6.45, 7) is 3.04. The summed E-state index contributed by atoms with van der Waals surface area (Å²) in [5.41, 5.74) is 1.71. The molecular weight excluding hydrogens is 354 g/mol. The van der Waals surface area contributed by atoms with Crippen LogP contribution in [0.3, 0.4) is 0 Å². The molecule has 0 saturated carbocycles. The van der Waals surface area contributed by atoms with Crippen molar-refractivity contribution in [3.8, 4) is 5.88 Å². The molecule has 3 rings (SSSR count). The molecule has 1 atom stereocenters. The maximum atomic E-state index is 13.4. The molecular formula is C19H20F2N4O2. The molecule has 142 valence electrons. The van der Waals surface area contributed by atoms with Crippen molar-refractivity contribution in [2.75, 3.05) is 25.5 Å². The van der Waals surface area contributed by atoms with E-state index in [1.165, 1.54) is 25.6 Å². The third-order valence-electron chi connectivity index (χ3n) is 4.45. The smallest absolute Gasteiger partial charge is 0.323 e. The molecule has 1 aliphatic heterocycles. The monoisotopic (exact) mass is 374 g/mol. The number of carbonyl (C=O) groups is 1. The first-order chi connectivity index (χ1) is 13.0. The van der Waals surface area contributed by atoms with Gasteiger partial charge in [0.15, 0.2) is 17.5 Å². The van der Waals surface area contributed by atoms with Gasteiger partial charge in [-0.2, -0.15) is 0 Å². The van der Waals surface area contributed by atoms with Crippen LogP contribution in [0.2, 0.25) is 0 Å². The van der Waals surface area contributed by atoms with Crippen molar-refractivity contribution in [1.29, 1.82) is 0 Å². The summed E-state index contributed by atoms with van der Waals surface area (Å²) in [7, 11) is 1.49. The lowest BCUT2D eigenvalue weighted by Gasteiger charge is -2.33. The number of carbonyl (C=O) groups excluding carboxylic acids is 1. The highest BCUT2D eigenvalue weighted by Gasteiger charge is 2.24. The zero-order valence-electron chi connectivity index (χ0n) is 15.1. The molecule has 1 fully saturated rings. The van der Waals surface area contributed by atoms with Crippen LogP contribution < -0.4 is 10.1 Å². The Labute approximate surface area is 155 Å². The van der Waals surface area contributed by atoms with Crippen molar-refractivity contribution in [3.05, 3.63) is 53.4 Å². The Morgan fingerprint density at radius 3 is 2.74 bits per heavy atom. The minimum absolute atomic E-state index is 0.0968. The highest BCUT2D eigenvalue weighted by molar-refractivity contribution is 5.88. The second-order valence-electron chi connectivity index (χ2n) is 6.36. The van der Waals surface area contributed by atoms with E-state index >= 15 is 0 Å². The molecule has 6 nitrogen and oxygen atoms in total. The zero-order valence-corrected chi connectivity index (χ0v) is 15.1. The van der Waals surface area contributed by atoms with Gasteiger partial charge in [-0.1, -0.05) is 24.6 Å². The zero-order chi connectivity index (χ0) is 19.4. The quantitative estimate of drug-likeness (QED) is 0.889. The number of benzene rings is 1. The van der Waals surface area contributed by atoms with Gasteiger partial charge in [-0.15, -0.1) is 0 Å². The van der Waals surface area contributed by atoms with Crippen LogP contribution in [0.1, 0.15) is 18.9 Å². The van der Waals surface area contributed by atoms with Crippen molar-refractivity contribution in [2.45, 2.75) is 13.3 Å². The van der Waals surface area contributed by atoms with Gasteiger partial charge in [0.1, 0.15) is 0 Å². The predicted molar refractivity (Wildman–Crippen MR) is 97.3 cm³/mol. The van der Waals surface area contributed by atoms with Gasteiger partial charge in [-0.05, 0) is 30.0 Å². The molecule has 2 amide bonds. The Morgan fingerprint density at radius 2 is 2.11 bits per heavy atom. The summed E-state index contributed by atoms with van der Waals surface area (Å²) in [6, 6.07) is 3.58. The third-order valence-corrected chi connectivity index (χ3v) is 4.45. The lowest BCUT2D eigenvalue weighted by Crippen LogP contribution is -2.42. The molecule has 1 unspecified atom stereocenters. The van der Waals surface area contributed by atoms with Crippen LogP contribution in [0.25, 0.3) is 6.08 Å². The molecule has 1 saturated heterocycles. The fourth-order valence-corrected chi connectivity index (χ4v) is 2.94. The number of urea groups is 1. The normalized spacial score (nSPS) is 18.4. The van der Waals surface area contributed by atoms with Crippen LogP contribution in [-0.4, -0.2) is 41.1 Å². The number of likely N-dealkylation sites (tertiary alicyclic amines) is 1. The maximum Gasteiger partial charge on any atom is 0.323 e. The van der Waals surface area contributed by atoms with Gasteiger partial charge in [0, 0.05) is 13.1 Å². The first-order valence-electron chi connectivity index (χ1n) is 8.53. The van der Waals surface area contributed by atoms with Crippen LogP contribution in [-0.2, 0) is 0 Å². The summed E-state index contributed by atoms with van der Waals surface area (Å²) in [4.78, 5) is 22.2. The van der Waals surface area contributed by atoms with Crippen molar-refractivity contribution >= 4 is 17.9 Å². The summed E-state index contributed by atoms with van der Waals surface area (Å²) >= 11 is 0. The minimum Gasteiger partial charge on any atom is -0.480 e. The SMILES string of the molecule is COc1cnc(NC(=O)N2CCC(=Cc3ccc(F)c(F)c3)C(C)C2)cn1. The van der Waals surface area contributed by atoms with Crippen molar-refractivity contribution in [2.24, 2.45) is 5.92 Å². The summed E-state index contributed by atoms with van der Waals surface area (Å²) in [5, 5.41) is 2.71. The van der Waals surface area contributed by atoms with E-state index in [1.54, 1.807) is 11.0 Å². The van der Waals surface area contributed by atoms with Crippen LogP contribution in [0.15, 0.2) is 36.2 Å². The van der Waals surface area contributed by atoms with E-state index in [2.05, 4.69) is 15.3 Å². The molecule has 8 heteroatoms. The fourth-order valence-electron chi connectivity index (χ4n) is 2.94. The molecule has 0 radical (unpaired) electrons. The number of hydrogen-bond donors (Lipinski definition) is 1. The Balaban J connectivity index is 1.62. The fraction of sp³-hybridized carbons (Fsp3) is 0.316. The Hall–Kier alpha value is -3.03. The first kappa shape index (κ1) is 18.8. The number of halogens is 2. The highest BCUT2D eigenvalue weighted by atomic mass is 19.2. The predicted octanol–water partition coefficient (Wildman–Crippen LogP) is 3.72. The van der Waals surface area contributed by atoms with Crippen LogP contribution in [0.4, 0.5) is 19.4 Å². The lowest BCUT2D eigenvalue weighted by molar-refractivity contribution is 0.197. The topological polar surface area (TPSA) is 67.3 Å². The van der Waals surface area contributed by atoms with E-state index in [9.17, 15) is 13.6 Å². The van der Waals surface area contributed by atoms with Crippen LogP contribution >= 0.6 is 0 Å². The van der Waals surface area contributed by atoms with Gasteiger partial charge in [-0.25, -0.2) is 23.5 Å². The summed E-state index contributed by atoms with van der Waals surface area (Å²) in [5.74, 6) is -0.921. The maximum absolute atomic E-state index is 13.4. The molecule has 0 bridgehead atoms. The van der Waals surface area contributed by atoms with E-state index in [1.807, 2.05) is 13.0 Å². The summed E-state index contributed by atoms with van der Waals surface area (Å²) < 4.78 is 31.4. The second kappa shape index (κ2) is 8.11. The number of nitrogens with zero attached hydrogens (tertiary/aromatic N) is 3. The number of nitrogens with one attached hydrogen (secondary N) is 1. The number of aromatic nitrogens is 2. The number of rotatable bonds is 3. The lowest BCUT2D eigenvalue weighted by atomic mass is 9.91. The first-order valence-corrected chi connectivity index (χ1v) is 8.53. The molecule has 1 aliphatic rings. The van der Waals surface area contributed by atoms with Crippen LogP contribution in [0, 0.1) is 17.6 Å². The molecule has 27 heavy (non-hydrogen) atoms. The Morgan fingerprint density at radius 1 is 1.30 bits per heavy atom. The van der Waals surface area contributed by atoms with E-state index in [-0.39, 0.29) is 11.9 Å². The van der Waals surface area contributed by atoms with E-state index in [4.69, 9.17) is 4.74 Å². The second-order valence-corrected chi connectivity index (χ2v) is 6.36. The molecule has 1 aromatic heterocycles. The largest absolute Gasteiger partial charge is 0.480 e. The molecule has 0 aliphatic carbocycles. The molecule has 2 aromatic rings. The van der Waals surface area contributed by atoms with E-state index < -0.39 is 11.6 Å². The highest BCUT2D eigenvalue weighted by Crippen LogP contribution is 2.26. The number of anilines is 1. The Bertz CT molecular complexity index is 855. The van der Waals surface area contributed by atoms with Crippen molar-refractivity contribution in [3.63, 3.8) is 0 Å². The van der Waals surface area contributed by atoms with E-state index in [0.29, 0.717) is 36.8 Å². The van der Waals surface area contributed by atoms with Crippen LogP contribution in [0.5, 0.6) is 5.88 Å².